The fraction of sp³-hybridized carbons (Fsp3) is 0.929. The number of piperidine rings is 1. The van der Waals surface area contributed by atoms with Crippen LogP contribution in [0.15, 0.2) is 0 Å². The highest BCUT2D eigenvalue weighted by atomic mass is 19.4. The predicted molar refractivity (Wildman–Crippen MR) is 73.3 cm³/mol. The summed E-state index contributed by atoms with van der Waals surface area (Å²) >= 11 is 0. The number of hydrogen-bond donors (Lipinski definition) is 0. The smallest absolute Gasteiger partial charge is 0.337 e. The SMILES string of the molecule is O=C(N1CCCCC1)[C@](F)(OC(F)(F)[C@](F)(OC(F)(F)C(F)(F)C(F)(F)F)C(F)(F)F)C(F)(F)F. The summed E-state index contributed by atoms with van der Waals surface area (Å²) in [6.07, 6.45) is -38.5. The number of amides is 1. The van der Waals surface area contributed by atoms with Gasteiger partial charge in [-0.25, -0.2) is 0 Å². The van der Waals surface area contributed by atoms with Crippen molar-refractivity contribution in [2.24, 2.45) is 0 Å². The standard InChI is InChI=1S/C14H10F17NO3/c15-7(10(19,20)21,6(33)32-4-2-1-3-5-32)34-14(30,31)9(18,12(25,26)27)35-13(28,29)8(16,17)11(22,23)24/h1-5H2/t7-,9+/m0/s1. The lowest BCUT2D eigenvalue weighted by molar-refractivity contribution is -0.548. The number of hydrogen-bond acceptors (Lipinski definition) is 3. The summed E-state index contributed by atoms with van der Waals surface area (Å²) in [5, 5.41) is 0. The highest BCUT2D eigenvalue weighted by Crippen LogP contribution is 2.56. The second kappa shape index (κ2) is 8.94. The normalized spacial score (nSPS) is 20.9. The van der Waals surface area contributed by atoms with Gasteiger partial charge in [0.25, 0.3) is 5.91 Å². The Kier molecular flexibility index (Phi) is 7.98. The molecule has 0 bridgehead atoms. The summed E-state index contributed by atoms with van der Waals surface area (Å²) in [5.41, 5.74) is 0. The van der Waals surface area contributed by atoms with Crippen molar-refractivity contribution in [3.63, 3.8) is 0 Å². The molecule has 0 aromatic heterocycles. The van der Waals surface area contributed by atoms with Crippen molar-refractivity contribution in [2.45, 2.75) is 67.6 Å². The fourth-order valence-corrected chi connectivity index (χ4v) is 2.45. The van der Waals surface area contributed by atoms with Gasteiger partial charge < -0.3 is 4.90 Å². The molecule has 1 aliphatic heterocycles. The van der Waals surface area contributed by atoms with Crippen molar-refractivity contribution in [1.82, 2.24) is 4.90 Å². The Labute approximate surface area is 181 Å². The van der Waals surface area contributed by atoms with Gasteiger partial charge in [0.05, 0.1) is 0 Å². The van der Waals surface area contributed by atoms with Crippen LogP contribution in [0.2, 0.25) is 0 Å². The number of nitrogens with zero attached hydrogens (tertiary/aromatic N) is 1. The molecule has 0 aromatic carbocycles. The first kappa shape index (κ1) is 31.2. The minimum atomic E-state index is -8.00. The minimum Gasteiger partial charge on any atom is -0.337 e. The molecule has 1 rings (SSSR count). The number of ether oxygens (including phenoxy) is 2. The van der Waals surface area contributed by atoms with Gasteiger partial charge in [-0.05, 0) is 19.3 Å². The molecule has 0 aromatic rings. The van der Waals surface area contributed by atoms with E-state index in [1.54, 1.807) is 0 Å². The van der Waals surface area contributed by atoms with Crippen LogP contribution in [0.4, 0.5) is 74.6 Å². The molecule has 0 unspecified atom stereocenters. The van der Waals surface area contributed by atoms with Gasteiger partial charge in [0, 0.05) is 13.1 Å². The summed E-state index contributed by atoms with van der Waals surface area (Å²) in [4.78, 5) is 11.6. The van der Waals surface area contributed by atoms with Crippen molar-refractivity contribution in [1.29, 1.82) is 0 Å². The Morgan fingerprint density at radius 1 is 0.543 bits per heavy atom. The molecule has 4 nitrogen and oxygen atoms in total. The molecule has 1 saturated heterocycles. The van der Waals surface area contributed by atoms with E-state index in [9.17, 15) is 79.4 Å². The van der Waals surface area contributed by atoms with Crippen LogP contribution in [0, 0.1) is 0 Å². The molecule has 0 saturated carbocycles. The van der Waals surface area contributed by atoms with Crippen molar-refractivity contribution in [3.05, 3.63) is 0 Å². The van der Waals surface area contributed by atoms with Crippen LogP contribution in [0.5, 0.6) is 0 Å². The molecule has 1 heterocycles. The first-order valence-electron chi connectivity index (χ1n) is 8.59. The van der Waals surface area contributed by atoms with Crippen LogP contribution in [-0.2, 0) is 14.3 Å². The molecule has 208 valence electrons. The number of carbonyl (C=O) groups is 1. The highest BCUT2D eigenvalue weighted by molar-refractivity contribution is 5.84. The van der Waals surface area contributed by atoms with Crippen molar-refractivity contribution in [3.8, 4) is 0 Å². The van der Waals surface area contributed by atoms with E-state index in [1.165, 1.54) is 4.74 Å². The molecule has 1 amide bonds. The monoisotopic (exact) mass is 563 g/mol. The van der Waals surface area contributed by atoms with Crippen LogP contribution >= 0.6 is 0 Å². The molecular weight excluding hydrogens is 553 g/mol. The quantitative estimate of drug-likeness (QED) is 0.364. The first-order valence-corrected chi connectivity index (χ1v) is 8.59. The maximum Gasteiger partial charge on any atom is 0.462 e. The second-order valence-corrected chi connectivity index (χ2v) is 6.85. The highest BCUT2D eigenvalue weighted by Gasteiger charge is 2.85. The molecular formula is C14H10F17NO3. The molecule has 0 aliphatic carbocycles. The van der Waals surface area contributed by atoms with Crippen molar-refractivity contribution in [2.75, 3.05) is 13.1 Å². The summed E-state index contributed by atoms with van der Waals surface area (Å²) in [5.74, 6) is -25.7. The van der Waals surface area contributed by atoms with E-state index in [1.807, 2.05) is 4.74 Å². The summed E-state index contributed by atoms with van der Waals surface area (Å²) < 4.78 is 225. The van der Waals surface area contributed by atoms with Gasteiger partial charge in [-0.3, -0.25) is 14.3 Å². The number of carbonyl (C=O) groups excluding carboxylic acids is 1. The summed E-state index contributed by atoms with van der Waals surface area (Å²) in [6.45, 7) is -1.66. The topological polar surface area (TPSA) is 38.8 Å². The zero-order chi connectivity index (χ0) is 28.1. The number of likely N-dealkylation sites (tertiary alicyclic amines) is 1. The number of halogens is 17. The Hall–Kier alpha value is -1.80. The minimum absolute atomic E-state index is 0.185. The van der Waals surface area contributed by atoms with Gasteiger partial charge in [-0.15, -0.1) is 0 Å². The van der Waals surface area contributed by atoms with E-state index in [0.717, 1.165) is 0 Å². The van der Waals surface area contributed by atoms with Gasteiger partial charge >= 0.3 is 48.4 Å². The maximum absolute atomic E-state index is 14.4. The number of rotatable bonds is 7. The van der Waals surface area contributed by atoms with E-state index in [0.29, 0.717) is 0 Å². The molecule has 0 radical (unpaired) electrons. The largest absolute Gasteiger partial charge is 0.462 e. The maximum atomic E-state index is 14.4. The molecule has 0 N–H and O–H groups in total. The number of alkyl halides is 17. The van der Waals surface area contributed by atoms with Gasteiger partial charge in [0.2, 0.25) is 0 Å². The van der Waals surface area contributed by atoms with Crippen molar-refractivity contribution < 1.29 is 88.9 Å². The van der Waals surface area contributed by atoms with E-state index in [2.05, 4.69) is 0 Å². The Balaban J connectivity index is 3.60. The molecule has 1 aliphatic rings. The van der Waals surface area contributed by atoms with E-state index >= 15 is 0 Å². The third-order valence-electron chi connectivity index (χ3n) is 4.28. The van der Waals surface area contributed by atoms with Gasteiger partial charge in [-0.1, -0.05) is 0 Å². The molecule has 0 spiro atoms. The van der Waals surface area contributed by atoms with Crippen LogP contribution in [-0.4, -0.2) is 72.3 Å². The molecule has 35 heavy (non-hydrogen) atoms. The van der Waals surface area contributed by atoms with E-state index in [4.69, 9.17) is 0 Å². The van der Waals surface area contributed by atoms with Gasteiger partial charge in [0.1, 0.15) is 0 Å². The third kappa shape index (κ3) is 5.48. The lowest BCUT2D eigenvalue weighted by Gasteiger charge is -2.41. The zero-order valence-electron chi connectivity index (χ0n) is 16.1. The van der Waals surface area contributed by atoms with Crippen molar-refractivity contribution >= 4 is 5.91 Å². The summed E-state index contributed by atoms with van der Waals surface area (Å²) in [7, 11) is 0. The fourth-order valence-electron chi connectivity index (χ4n) is 2.45. The Bertz CT molecular complexity index is 769. The van der Waals surface area contributed by atoms with Crippen LogP contribution in [0.25, 0.3) is 0 Å². The Morgan fingerprint density at radius 2 is 0.971 bits per heavy atom. The average molecular weight is 563 g/mol. The zero-order valence-corrected chi connectivity index (χ0v) is 16.1. The van der Waals surface area contributed by atoms with Crippen LogP contribution in [0.3, 0.4) is 0 Å². The van der Waals surface area contributed by atoms with Gasteiger partial charge in [-0.2, -0.15) is 74.6 Å². The van der Waals surface area contributed by atoms with Crippen LogP contribution in [0.1, 0.15) is 19.3 Å². The predicted octanol–water partition coefficient (Wildman–Crippen LogP) is 5.87. The third-order valence-corrected chi connectivity index (χ3v) is 4.28. The Morgan fingerprint density at radius 3 is 1.31 bits per heavy atom. The second-order valence-electron chi connectivity index (χ2n) is 6.85. The molecule has 2 atom stereocenters. The lowest BCUT2D eigenvalue weighted by Crippen LogP contribution is -2.69. The first-order chi connectivity index (χ1) is 15.2. The average Bonchev–Trinajstić information content (AvgIpc) is 2.64. The van der Waals surface area contributed by atoms with Crippen LogP contribution < -0.4 is 0 Å². The summed E-state index contributed by atoms with van der Waals surface area (Å²) in [6, 6.07) is 0. The lowest BCUT2D eigenvalue weighted by atomic mass is 10.1. The van der Waals surface area contributed by atoms with Gasteiger partial charge in [0.15, 0.2) is 0 Å². The van der Waals surface area contributed by atoms with E-state index < -0.39 is 67.4 Å². The van der Waals surface area contributed by atoms with E-state index in [-0.39, 0.29) is 24.2 Å². The molecule has 21 heteroatoms. The molecule has 1 fully saturated rings.